The maximum absolute atomic E-state index is 5.70. The van der Waals surface area contributed by atoms with Crippen LogP contribution in [0, 0.1) is 17.8 Å². The van der Waals surface area contributed by atoms with Crippen molar-refractivity contribution in [2.24, 2.45) is 17.8 Å². The average molecular weight is 221 g/mol. The highest BCUT2D eigenvalue weighted by Gasteiger charge is 2.35. The lowest BCUT2D eigenvalue weighted by atomic mass is 9.80. The first-order valence-electron chi connectivity index (χ1n) is 4.33. The van der Waals surface area contributed by atoms with Gasteiger partial charge in [-0.2, -0.15) is 0 Å². The molecule has 11 heavy (non-hydrogen) atoms. The van der Waals surface area contributed by atoms with Gasteiger partial charge in [-0.1, -0.05) is 36.7 Å². The number of hydrogen-bond donors (Lipinski definition) is 0. The fraction of sp³-hybridized carbons (Fsp3) is 1.00. The van der Waals surface area contributed by atoms with Crippen LogP contribution in [0.2, 0.25) is 0 Å². The Morgan fingerprint density at radius 3 is 2.00 bits per heavy atom. The molecule has 2 heteroatoms. The molecule has 0 aromatic rings. The minimum Gasteiger partial charge on any atom is -0.363 e. The summed E-state index contributed by atoms with van der Waals surface area (Å²) in [7, 11) is 0. The molecule has 1 heterocycles. The Morgan fingerprint density at radius 2 is 1.45 bits per heavy atom. The third kappa shape index (κ3) is 1.78. The van der Waals surface area contributed by atoms with Gasteiger partial charge in [0.15, 0.2) is 0 Å². The molecular formula is C9H17BrO. The SMILES string of the molecule is CC1O[C@H](Br)C(C)[C@@H](C)[C@@H]1C. The highest BCUT2D eigenvalue weighted by Crippen LogP contribution is 2.36. The second kappa shape index (κ2) is 3.44. The van der Waals surface area contributed by atoms with Gasteiger partial charge in [-0.3, -0.25) is 0 Å². The zero-order chi connectivity index (χ0) is 8.59. The van der Waals surface area contributed by atoms with E-state index >= 15 is 0 Å². The van der Waals surface area contributed by atoms with Crippen molar-refractivity contribution < 1.29 is 4.74 Å². The molecule has 0 aliphatic carbocycles. The van der Waals surface area contributed by atoms with Crippen molar-refractivity contribution in [3.05, 3.63) is 0 Å². The average Bonchev–Trinajstić information content (AvgIpc) is 1.97. The molecule has 1 aliphatic rings. The molecule has 5 atom stereocenters. The van der Waals surface area contributed by atoms with Crippen LogP contribution in [0.1, 0.15) is 27.7 Å². The first-order valence-corrected chi connectivity index (χ1v) is 5.25. The van der Waals surface area contributed by atoms with Gasteiger partial charge in [0.1, 0.15) is 5.01 Å². The molecular weight excluding hydrogens is 204 g/mol. The molecule has 0 aromatic heterocycles. The third-order valence-electron chi connectivity index (χ3n) is 3.16. The van der Waals surface area contributed by atoms with E-state index < -0.39 is 0 Å². The van der Waals surface area contributed by atoms with Crippen molar-refractivity contribution in [1.29, 1.82) is 0 Å². The molecule has 0 spiro atoms. The first kappa shape index (κ1) is 9.53. The van der Waals surface area contributed by atoms with Crippen LogP contribution in [0.3, 0.4) is 0 Å². The van der Waals surface area contributed by atoms with Crippen molar-refractivity contribution in [3.63, 3.8) is 0 Å². The van der Waals surface area contributed by atoms with Gasteiger partial charge in [-0.15, -0.1) is 0 Å². The summed E-state index contributed by atoms with van der Waals surface area (Å²) in [6.45, 7) is 8.97. The molecule has 2 unspecified atom stereocenters. The topological polar surface area (TPSA) is 9.23 Å². The largest absolute Gasteiger partial charge is 0.363 e. The number of hydrogen-bond acceptors (Lipinski definition) is 1. The van der Waals surface area contributed by atoms with Gasteiger partial charge < -0.3 is 4.74 Å². The summed E-state index contributed by atoms with van der Waals surface area (Å²) in [4.78, 5) is 0. The van der Waals surface area contributed by atoms with Crippen molar-refractivity contribution in [3.8, 4) is 0 Å². The van der Waals surface area contributed by atoms with E-state index in [2.05, 4.69) is 43.6 Å². The first-order chi connectivity index (χ1) is 5.04. The van der Waals surface area contributed by atoms with E-state index in [0.717, 1.165) is 5.92 Å². The molecule has 1 nitrogen and oxygen atoms in total. The van der Waals surface area contributed by atoms with Gasteiger partial charge in [-0.05, 0) is 24.7 Å². The Labute approximate surface area is 77.6 Å². The summed E-state index contributed by atoms with van der Waals surface area (Å²) < 4.78 is 5.70. The van der Waals surface area contributed by atoms with Gasteiger partial charge >= 0.3 is 0 Å². The summed E-state index contributed by atoms with van der Waals surface area (Å²) in [6.07, 6.45) is 0.394. The van der Waals surface area contributed by atoms with E-state index in [4.69, 9.17) is 4.74 Å². The molecule has 1 aliphatic heterocycles. The van der Waals surface area contributed by atoms with Crippen LogP contribution in [-0.4, -0.2) is 11.1 Å². The summed E-state index contributed by atoms with van der Waals surface area (Å²) >= 11 is 3.54. The van der Waals surface area contributed by atoms with Gasteiger partial charge in [0.2, 0.25) is 0 Å². The lowest BCUT2D eigenvalue weighted by molar-refractivity contribution is -0.0809. The fourth-order valence-corrected chi connectivity index (χ4v) is 2.42. The van der Waals surface area contributed by atoms with Crippen LogP contribution < -0.4 is 0 Å². The van der Waals surface area contributed by atoms with E-state index in [9.17, 15) is 0 Å². The third-order valence-corrected chi connectivity index (χ3v) is 4.21. The van der Waals surface area contributed by atoms with Crippen molar-refractivity contribution in [2.75, 3.05) is 0 Å². The second-order valence-electron chi connectivity index (χ2n) is 3.77. The molecule has 66 valence electrons. The quantitative estimate of drug-likeness (QED) is 0.571. The van der Waals surface area contributed by atoms with Gasteiger partial charge in [-0.25, -0.2) is 0 Å². The standard InChI is InChI=1S/C9H17BrO/c1-5-6(2)8(4)11-9(10)7(5)3/h5-9H,1-4H3/t5-,6-,7?,8?,9-/m0/s1. The highest BCUT2D eigenvalue weighted by molar-refractivity contribution is 9.09. The number of rotatable bonds is 0. The Kier molecular flexibility index (Phi) is 2.98. The molecule has 0 aromatic carbocycles. The summed E-state index contributed by atoms with van der Waals surface area (Å²) in [5.74, 6) is 2.06. The Morgan fingerprint density at radius 1 is 0.909 bits per heavy atom. The summed E-state index contributed by atoms with van der Waals surface area (Å²) in [5.41, 5.74) is 0. The minimum absolute atomic E-state index is 0.253. The molecule has 1 rings (SSSR count). The van der Waals surface area contributed by atoms with E-state index in [1.54, 1.807) is 0 Å². The van der Waals surface area contributed by atoms with Crippen molar-refractivity contribution in [1.82, 2.24) is 0 Å². The number of ether oxygens (including phenoxy) is 1. The molecule has 0 N–H and O–H groups in total. The predicted octanol–water partition coefficient (Wildman–Crippen LogP) is 3.03. The Bertz CT molecular complexity index is 124. The van der Waals surface area contributed by atoms with Crippen molar-refractivity contribution in [2.45, 2.75) is 38.8 Å². The van der Waals surface area contributed by atoms with Gasteiger partial charge in [0, 0.05) is 0 Å². The summed E-state index contributed by atoms with van der Waals surface area (Å²) in [6, 6.07) is 0. The van der Waals surface area contributed by atoms with Gasteiger partial charge in [0.05, 0.1) is 6.10 Å². The molecule has 0 bridgehead atoms. The van der Waals surface area contributed by atoms with Crippen LogP contribution in [-0.2, 0) is 4.74 Å². The van der Waals surface area contributed by atoms with E-state index in [1.807, 2.05) is 0 Å². The Hall–Kier alpha value is 0.440. The molecule has 0 amide bonds. The zero-order valence-electron chi connectivity index (χ0n) is 7.67. The summed E-state index contributed by atoms with van der Waals surface area (Å²) in [5, 5.41) is 0.253. The van der Waals surface area contributed by atoms with Crippen LogP contribution in [0.15, 0.2) is 0 Å². The Balaban J connectivity index is 2.63. The lowest BCUT2D eigenvalue weighted by Gasteiger charge is -2.40. The molecule has 0 radical (unpaired) electrons. The van der Waals surface area contributed by atoms with Gasteiger partial charge in [0.25, 0.3) is 0 Å². The van der Waals surface area contributed by atoms with Crippen molar-refractivity contribution >= 4 is 15.9 Å². The van der Waals surface area contributed by atoms with E-state index in [-0.39, 0.29) is 5.01 Å². The number of alkyl halides is 1. The predicted molar refractivity (Wildman–Crippen MR) is 50.8 cm³/mol. The van der Waals surface area contributed by atoms with E-state index in [0.29, 0.717) is 17.9 Å². The second-order valence-corrected chi connectivity index (χ2v) is 4.67. The fourth-order valence-electron chi connectivity index (χ4n) is 1.60. The maximum Gasteiger partial charge on any atom is 0.115 e. The minimum atomic E-state index is 0.253. The smallest absolute Gasteiger partial charge is 0.115 e. The van der Waals surface area contributed by atoms with Crippen LogP contribution in [0.5, 0.6) is 0 Å². The number of halogens is 1. The zero-order valence-corrected chi connectivity index (χ0v) is 9.26. The molecule has 0 saturated carbocycles. The van der Waals surface area contributed by atoms with E-state index in [1.165, 1.54) is 0 Å². The van der Waals surface area contributed by atoms with Crippen LogP contribution >= 0.6 is 15.9 Å². The monoisotopic (exact) mass is 220 g/mol. The van der Waals surface area contributed by atoms with Crippen LogP contribution in [0.4, 0.5) is 0 Å². The molecule has 1 fully saturated rings. The molecule has 1 saturated heterocycles. The van der Waals surface area contributed by atoms with Crippen LogP contribution in [0.25, 0.3) is 0 Å². The normalized spacial score (nSPS) is 52.6. The lowest BCUT2D eigenvalue weighted by Crippen LogP contribution is -2.40. The highest BCUT2D eigenvalue weighted by atomic mass is 79.9. The maximum atomic E-state index is 5.70.